The molecule has 2 aromatic heterocycles. The van der Waals surface area contributed by atoms with Crippen molar-refractivity contribution in [2.45, 2.75) is 24.9 Å². The molecule has 1 aliphatic carbocycles. The van der Waals surface area contributed by atoms with Gasteiger partial charge < -0.3 is 16.0 Å². The van der Waals surface area contributed by atoms with Crippen LogP contribution in [-0.4, -0.2) is 70.2 Å². The molecule has 180 valence electrons. The van der Waals surface area contributed by atoms with Gasteiger partial charge in [0, 0.05) is 49.4 Å². The van der Waals surface area contributed by atoms with E-state index >= 15 is 0 Å². The summed E-state index contributed by atoms with van der Waals surface area (Å²) in [5, 5.41) is 16.2. The summed E-state index contributed by atoms with van der Waals surface area (Å²) in [5.74, 6) is 1.00. The fourth-order valence-electron chi connectivity index (χ4n) is 4.54. The van der Waals surface area contributed by atoms with Crippen molar-refractivity contribution in [3.63, 3.8) is 0 Å². The largest absolute Gasteiger partial charge is 0.338 e. The van der Waals surface area contributed by atoms with Gasteiger partial charge in [-0.25, -0.2) is 4.98 Å². The lowest BCUT2D eigenvalue weighted by Crippen LogP contribution is -2.53. The van der Waals surface area contributed by atoms with Crippen LogP contribution in [0.3, 0.4) is 0 Å². The maximum Gasteiger partial charge on any atom is 0.229 e. The summed E-state index contributed by atoms with van der Waals surface area (Å²) >= 11 is 12.2. The molecule has 11 heteroatoms. The Kier molecular flexibility index (Phi) is 6.91. The van der Waals surface area contributed by atoms with Gasteiger partial charge in [-0.05, 0) is 38.3 Å². The van der Waals surface area contributed by atoms with Crippen molar-refractivity contribution in [1.29, 1.82) is 0 Å². The van der Waals surface area contributed by atoms with E-state index in [1.54, 1.807) is 6.20 Å². The number of hydrogen-bond acceptors (Lipinski definition) is 8. The first kappa shape index (κ1) is 23.7. The van der Waals surface area contributed by atoms with Crippen LogP contribution in [-0.2, 0) is 11.8 Å². The molecule has 1 aliphatic heterocycles. The quantitative estimate of drug-likeness (QED) is 0.409. The summed E-state index contributed by atoms with van der Waals surface area (Å²) < 4.78 is 2.06. The molecule has 3 aromatic rings. The van der Waals surface area contributed by atoms with Gasteiger partial charge in [0.15, 0.2) is 5.82 Å². The summed E-state index contributed by atoms with van der Waals surface area (Å²) in [6.07, 6.45) is 7.75. The highest BCUT2D eigenvalue weighted by molar-refractivity contribution is 8.17. The van der Waals surface area contributed by atoms with Gasteiger partial charge >= 0.3 is 0 Å². The van der Waals surface area contributed by atoms with Crippen LogP contribution in [0.1, 0.15) is 18.9 Å². The average molecular weight is 517 g/mol. The van der Waals surface area contributed by atoms with E-state index < -0.39 is 6.04 Å². The molecule has 3 N–H and O–H groups in total. The highest BCUT2D eigenvalue weighted by atomic mass is 35.5. The predicted molar refractivity (Wildman–Crippen MR) is 145 cm³/mol. The van der Waals surface area contributed by atoms with Crippen molar-refractivity contribution in [2.24, 2.45) is 0 Å². The van der Waals surface area contributed by atoms with Gasteiger partial charge in [0.1, 0.15) is 5.02 Å². The van der Waals surface area contributed by atoms with Crippen molar-refractivity contribution >= 4 is 57.9 Å². The Morgan fingerprint density at radius 1 is 1.09 bits per heavy atom. The molecule has 1 aromatic carbocycles. The standard InChI is InChI=1S/C23H30ClN8PS/c1-33(2,34)21-6-4-3-5-20(21)29-22-19(24)14-26-23(30-22)28-16-13-27-32(15-16)18-11-17(12-18)31-9-7-25-8-10-31/h3-6,13-15,17-18,25H,7-12H2,1-2H3,(H2,26,28,29,30). The van der Waals surface area contributed by atoms with Crippen LogP contribution < -0.4 is 21.3 Å². The Labute approximate surface area is 210 Å². The van der Waals surface area contributed by atoms with Crippen LogP contribution in [0.25, 0.3) is 0 Å². The zero-order valence-electron chi connectivity index (χ0n) is 19.4. The first-order valence-corrected chi connectivity index (χ1v) is 15.6. The van der Waals surface area contributed by atoms with Crippen LogP contribution in [0, 0.1) is 0 Å². The van der Waals surface area contributed by atoms with Gasteiger partial charge in [0.05, 0.1) is 24.1 Å². The third kappa shape index (κ3) is 5.29. The molecule has 0 spiro atoms. The van der Waals surface area contributed by atoms with Crippen LogP contribution >= 0.6 is 17.6 Å². The molecule has 0 unspecified atom stereocenters. The molecule has 0 atom stereocenters. The molecule has 8 nitrogen and oxygen atoms in total. The Morgan fingerprint density at radius 3 is 2.62 bits per heavy atom. The van der Waals surface area contributed by atoms with E-state index in [0.717, 1.165) is 55.7 Å². The second-order valence-corrected chi connectivity index (χ2v) is 15.6. The molecule has 1 saturated carbocycles. The number of aromatic nitrogens is 4. The highest BCUT2D eigenvalue weighted by Gasteiger charge is 2.35. The zero-order chi connectivity index (χ0) is 23.7. The van der Waals surface area contributed by atoms with Crippen molar-refractivity contribution in [2.75, 3.05) is 50.1 Å². The summed E-state index contributed by atoms with van der Waals surface area (Å²) in [6.45, 7) is 8.69. The third-order valence-electron chi connectivity index (χ3n) is 6.47. The summed E-state index contributed by atoms with van der Waals surface area (Å²) in [7, 11) is 0. The molecule has 34 heavy (non-hydrogen) atoms. The smallest absolute Gasteiger partial charge is 0.229 e. The van der Waals surface area contributed by atoms with Gasteiger partial charge in [-0.1, -0.05) is 41.6 Å². The second-order valence-electron chi connectivity index (χ2n) is 9.28. The Hall–Kier alpha value is -2.03. The molecule has 5 rings (SSSR count). The van der Waals surface area contributed by atoms with Crippen molar-refractivity contribution in [3.05, 3.63) is 47.9 Å². The monoisotopic (exact) mass is 516 g/mol. The van der Waals surface area contributed by atoms with Crippen LogP contribution in [0.5, 0.6) is 0 Å². The number of benzene rings is 1. The van der Waals surface area contributed by atoms with Gasteiger partial charge in [0.25, 0.3) is 0 Å². The average Bonchev–Trinajstić information content (AvgIpc) is 3.23. The SMILES string of the molecule is CP(C)(=S)c1ccccc1Nc1nc(Nc2cnn(C3CC(N4CCNCC4)C3)c2)ncc1Cl. The summed E-state index contributed by atoms with van der Waals surface area (Å²) in [4.78, 5) is 11.6. The van der Waals surface area contributed by atoms with Crippen LogP contribution in [0.4, 0.5) is 23.1 Å². The van der Waals surface area contributed by atoms with Crippen LogP contribution in [0.2, 0.25) is 5.02 Å². The van der Waals surface area contributed by atoms with Gasteiger partial charge in [0.2, 0.25) is 5.95 Å². The minimum absolute atomic E-state index is 0.445. The number of rotatable bonds is 7. The van der Waals surface area contributed by atoms with E-state index in [1.807, 2.05) is 30.6 Å². The lowest BCUT2D eigenvalue weighted by Gasteiger charge is -2.44. The lowest BCUT2D eigenvalue weighted by atomic mass is 9.85. The number of piperazine rings is 1. The molecule has 0 radical (unpaired) electrons. The van der Waals surface area contributed by atoms with Gasteiger partial charge in [-0.15, -0.1) is 0 Å². The number of hydrogen-bond donors (Lipinski definition) is 3. The molecule has 0 bridgehead atoms. The van der Waals surface area contributed by atoms with Crippen LogP contribution in [0.15, 0.2) is 42.9 Å². The van der Waals surface area contributed by atoms with E-state index in [4.69, 9.17) is 23.4 Å². The van der Waals surface area contributed by atoms with Crippen molar-refractivity contribution in [1.82, 2.24) is 30.0 Å². The van der Waals surface area contributed by atoms with Crippen molar-refractivity contribution < 1.29 is 0 Å². The Morgan fingerprint density at radius 2 is 1.85 bits per heavy atom. The van der Waals surface area contributed by atoms with E-state index in [-0.39, 0.29) is 0 Å². The van der Waals surface area contributed by atoms with E-state index in [9.17, 15) is 0 Å². The first-order valence-electron chi connectivity index (χ1n) is 11.6. The zero-order valence-corrected chi connectivity index (χ0v) is 21.9. The van der Waals surface area contributed by atoms with E-state index in [0.29, 0.717) is 28.9 Å². The molecular weight excluding hydrogens is 487 g/mol. The van der Waals surface area contributed by atoms with E-state index in [2.05, 4.69) is 60.0 Å². The first-order chi connectivity index (χ1) is 16.4. The minimum atomic E-state index is -1.64. The van der Waals surface area contributed by atoms with Crippen molar-refractivity contribution in [3.8, 4) is 0 Å². The second kappa shape index (κ2) is 9.91. The minimum Gasteiger partial charge on any atom is -0.338 e. The fourth-order valence-corrected chi connectivity index (χ4v) is 6.31. The molecule has 2 fully saturated rings. The molecule has 1 saturated heterocycles. The van der Waals surface area contributed by atoms with E-state index in [1.165, 1.54) is 0 Å². The Balaban J connectivity index is 1.25. The maximum atomic E-state index is 6.41. The Bertz CT molecular complexity index is 1200. The lowest BCUT2D eigenvalue weighted by molar-refractivity contribution is 0.0674. The normalized spacial score (nSPS) is 21.1. The molecular formula is C23H30ClN8PS. The number of halogens is 1. The fraction of sp³-hybridized carbons (Fsp3) is 0.435. The topological polar surface area (TPSA) is 82.9 Å². The predicted octanol–water partition coefficient (Wildman–Crippen LogP) is 3.79. The number of nitrogens with one attached hydrogen (secondary N) is 3. The van der Waals surface area contributed by atoms with Gasteiger partial charge in [-0.2, -0.15) is 10.1 Å². The summed E-state index contributed by atoms with van der Waals surface area (Å²) in [5.41, 5.74) is 1.79. The van der Waals surface area contributed by atoms with Gasteiger partial charge in [-0.3, -0.25) is 9.58 Å². The number of para-hydroxylation sites is 1. The highest BCUT2D eigenvalue weighted by Crippen LogP contribution is 2.39. The number of anilines is 4. The maximum absolute atomic E-state index is 6.41. The summed E-state index contributed by atoms with van der Waals surface area (Å²) in [6, 6.07) is 7.54. The number of nitrogens with zero attached hydrogens (tertiary/aromatic N) is 5. The third-order valence-corrected chi connectivity index (χ3v) is 8.89. The molecule has 3 heterocycles. The molecule has 2 aliphatic rings. The molecule has 0 amide bonds.